The molecule has 0 N–H and O–H groups in total. The van der Waals surface area contributed by atoms with E-state index in [1.807, 2.05) is 12.1 Å². The van der Waals surface area contributed by atoms with Gasteiger partial charge in [-0.1, -0.05) is 109 Å². The average molecular weight is 628 g/mol. The zero-order chi connectivity index (χ0) is 32.3. The zero-order valence-electron chi connectivity index (χ0n) is 26.5. The smallest absolute Gasteiger partial charge is 0.135 e. The number of fused-ring (bicyclic) bond motifs is 5. The molecule has 0 aliphatic carbocycles. The van der Waals surface area contributed by atoms with Gasteiger partial charge in [-0.15, -0.1) is 0 Å². The van der Waals surface area contributed by atoms with E-state index in [0.29, 0.717) is 0 Å². The summed E-state index contributed by atoms with van der Waals surface area (Å²) in [6, 6.07) is 62.1. The molecule has 0 bridgehead atoms. The summed E-state index contributed by atoms with van der Waals surface area (Å²) in [5.41, 5.74) is 12.0. The number of anilines is 3. The van der Waals surface area contributed by atoms with Gasteiger partial charge in [-0.2, -0.15) is 0 Å². The number of para-hydroxylation sites is 1. The molecular weight excluding hydrogens is 599 g/mol. The molecule has 0 amide bonds. The van der Waals surface area contributed by atoms with Crippen molar-refractivity contribution in [3.05, 3.63) is 176 Å². The quantitative estimate of drug-likeness (QED) is 0.190. The molecule has 0 fully saturated rings. The van der Waals surface area contributed by atoms with Crippen molar-refractivity contribution < 1.29 is 9.15 Å². The number of nitrogens with zero attached hydrogens (tertiary/aromatic N) is 1. The second-order valence-electron chi connectivity index (χ2n) is 12.5. The van der Waals surface area contributed by atoms with Crippen LogP contribution < -0.4 is 9.64 Å². The summed E-state index contributed by atoms with van der Waals surface area (Å²) in [6.45, 7) is 0. The minimum Gasteiger partial charge on any atom is -0.456 e. The molecule has 1 aliphatic heterocycles. The minimum absolute atomic E-state index is 0.883. The van der Waals surface area contributed by atoms with E-state index in [9.17, 15) is 0 Å². The average Bonchev–Trinajstić information content (AvgIpc) is 3.54. The third-order valence-electron chi connectivity index (χ3n) is 9.67. The van der Waals surface area contributed by atoms with Gasteiger partial charge in [0.25, 0.3) is 0 Å². The van der Waals surface area contributed by atoms with E-state index >= 15 is 0 Å². The zero-order valence-corrected chi connectivity index (χ0v) is 26.5. The summed E-state index contributed by atoms with van der Waals surface area (Å²) in [4.78, 5) is 2.31. The largest absolute Gasteiger partial charge is 0.456 e. The second-order valence-corrected chi connectivity index (χ2v) is 12.5. The molecule has 49 heavy (non-hydrogen) atoms. The summed E-state index contributed by atoms with van der Waals surface area (Å²) >= 11 is 0. The number of hydrogen-bond acceptors (Lipinski definition) is 3. The van der Waals surface area contributed by atoms with Crippen molar-refractivity contribution in [3.8, 4) is 44.9 Å². The monoisotopic (exact) mass is 627 g/mol. The number of furan rings is 1. The molecule has 230 valence electrons. The predicted molar refractivity (Wildman–Crippen MR) is 202 cm³/mol. The fourth-order valence-electron chi connectivity index (χ4n) is 7.28. The highest BCUT2D eigenvalue weighted by molar-refractivity contribution is 6.07. The SMILES string of the molecule is c1ccc(-c2ccc(N(c3ccc(-c4ccc5c(c4)Oc4cccc6cccc-5c46)cc3)c3ccc4oc5ccccc5c4c3)cc2)cc1. The van der Waals surface area contributed by atoms with Crippen molar-refractivity contribution in [2.45, 2.75) is 0 Å². The van der Waals surface area contributed by atoms with Gasteiger partial charge in [0, 0.05) is 38.8 Å². The molecule has 0 saturated carbocycles. The Morgan fingerprint density at radius 1 is 0.367 bits per heavy atom. The summed E-state index contributed by atoms with van der Waals surface area (Å²) in [6.07, 6.45) is 0. The van der Waals surface area contributed by atoms with Crippen LogP contribution in [0.25, 0.3) is 66.1 Å². The molecule has 9 aromatic rings. The number of benzene rings is 8. The topological polar surface area (TPSA) is 25.6 Å². The first-order chi connectivity index (χ1) is 24.3. The van der Waals surface area contributed by atoms with Crippen molar-refractivity contribution in [1.29, 1.82) is 0 Å². The lowest BCUT2D eigenvalue weighted by atomic mass is 9.93. The molecule has 8 aromatic carbocycles. The molecule has 2 heterocycles. The fraction of sp³-hybridized carbons (Fsp3) is 0. The van der Waals surface area contributed by atoms with Crippen LogP contribution in [0.5, 0.6) is 11.5 Å². The first-order valence-corrected chi connectivity index (χ1v) is 16.6. The fourth-order valence-corrected chi connectivity index (χ4v) is 7.28. The van der Waals surface area contributed by atoms with E-state index in [2.05, 4.69) is 169 Å². The third-order valence-corrected chi connectivity index (χ3v) is 9.67. The van der Waals surface area contributed by atoms with Gasteiger partial charge in [-0.3, -0.25) is 0 Å². The molecule has 3 nitrogen and oxygen atoms in total. The second kappa shape index (κ2) is 11.0. The molecular formula is C46H29NO2. The Balaban J connectivity index is 1.05. The van der Waals surface area contributed by atoms with Crippen molar-refractivity contribution in [3.63, 3.8) is 0 Å². The summed E-state index contributed by atoms with van der Waals surface area (Å²) < 4.78 is 12.6. The van der Waals surface area contributed by atoms with Crippen LogP contribution >= 0.6 is 0 Å². The summed E-state index contributed by atoms with van der Waals surface area (Å²) in [7, 11) is 0. The van der Waals surface area contributed by atoms with Gasteiger partial charge in [-0.25, -0.2) is 0 Å². The first kappa shape index (κ1) is 27.5. The van der Waals surface area contributed by atoms with E-state index < -0.39 is 0 Å². The van der Waals surface area contributed by atoms with Gasteiger partial charge in [0.15, 0.2) is 0 Å². The minimum atomic E-state index is 0.883. The van der Waals surface area contributed by atoms with E-state index in [1.165, 1.54) is 27.5 Å². The van der Waals surface area contributed by atoms with E-state index in [-0.39, 0.29) is 0 Å². The van der Waals surface area contributed by atoms with Gasteiger partial charge < -0.3 is 14.1 Å². The van der Waals surface area contributed by atoms with E-state index in [1.54, 1.807) is 0 Å². The number of hydrogen-bond donors (Lipinski definition) is 0. The molecule has 10 rings (SSSR count). The molecule has 1 aromatic heterocycles. The Kier molecular flexibility index (Phi) is 6.18. The normalized spacial score (nSPS) is 11.8. The maximum atomic E-state index is 6.47. The Labute approximate surface area is 283 Å². The van der Waals surface area contributed by atoms with Crippen LogP contribution in [0.15, 0.2) is 180 Å². The van der Waals surface area contributed by atoms with Crippen molar-refractivity contribution in [2.75, 3.05) is 4.90 Å². The van der Waals surface area contributed by atoms with Crippen molar-refractivity contribution in [1.82, 2.24) is 0 Å². The van der Waals surface area contributed by atoms with Crippen LogP contribution in [-0.2, 0) is 0 Å². The van der Waals surface area contributed by atoms with Gasteiger partial charge in [-0.05, 0) is 99.9 Å². The Bertz CT molecular complexity index is 2670. The van der Waals surface area contributed by atoms with Gasteiger partial charge in [0.1, 0.15) is 22.7 Å². The highest BCUT2D eigenvalue weighted by Gasteiger charge is 2.21. The lowest BCUT2D eigenvalue weighted by molar-refractivity contribution is 0.487. The third kappa shape index (κ3) is 4.59. The van der Waals surface area contributed by atoms with Crippen LogP contribution in [0.4, 0.5) is 17.1 Å². The standard InChI is InChI=1S/C46H29NO2/c1-2-8-30(9-3-1)31-16-21-35(22-17-31)47(37-25-27-43-41(29-37)38-12-4-5-14-42(38)48-43)36-23-18-32(19-24-36)34-20-26-39-40-13-6-10-33-11-7-15-44(46(33)40)49-45(39)28-34/h1-29H. The first-order valence-electron chi connectivity index (χ1n) is 16.6. The predicted octanol–water partition coefficient (Wildman–Crippen LogP) is 13.3. The molecule has 0 saturated heterocycles. The molecule has 1 aliphatic rings. The lowest BCUT2D eigenvalue weighted by Crippen LogP contribution is -2.09. The van der Waals surface area contributed by atoms with Crippen LogP contribution in [0.1, 0.15) is 0 Å². The van der Waals surface area contributed by atoms with Crippen LogP contribution in [-0.4, -0.2) is 0 Å². The Morgan fingerprint density at radius 2 is 1.00 bits per heavy atom. The summed E-state index contributed by atoms with van der Waals surface area (Å²) in [5, 5.41) is 4.58. The molecule has 0 spiro atoms. The highest BCUT2D eigenvalue weighted by atomic mass is 16.5. The van der Waals surface area contributed by atoms with Crippen LogP contribution in [0.3, 0.4) is 0 Å². The Morgan fingerprint density at radius 3 is 1.80 bits per heavy atom. The van der Waals surface area contributed by atoms with E-state index in [4.69, 9.17) is 9.15 Å². The van der Waals surface area contributed by atoms with Gasteiger partial charge >= 0.3 is 0 Å². The number of ether oxygens (including phenoxy) is 1. The summed E-state index contributed by atoms with van der Waals surface area (Å²) in [5.74, 6) is 1.79. The molecule has 3 heteroatoms. The van der Waals surface area contributed by atoms with Crippen molar-refractivity contribution >= 4 is 49.8 Å². The molecule has 0 atom stereocenters. The Hall–Kier alpha value is -6.58. The molecule has 0 unspecified atom stereocenters. The van der Waals surface area contributed by atoms with Crippen molar-refractivity contribution in [2.24, 2.45) is 0 Å². The highest BCUT2D eigenvalue weighted by Crippen LogP contribution is 2.48. The van der Waals surface area contributed by atoms with Crippen LogP contribution in [0, 0.1) is 0 Å². The van der Waals surface area contributed by atoms with Gasteiger partial charge in [0.2, 0.25) is 0 Å². The van der Waals surface area contributed by atoms with Crippen LogP contribution in [0.2, 0.25) is 0 Å². The van der Waals surface area contributed by atoms with E-state index in [0.717, 1.165) is 67.2 Å². The molecule has 0 radical (unpaired) electrons. The maximum absolute atomic E-state index is 6.47. The maximum Gasteiger partial charge on any atom is 0.135 e. The lowest BCUT2D eigenvalue weighted by Gasteiger charge is -2.26. The number of rotatable bonds is 5. The van der Waals surface area contributed by atoms with Gasteiger partial charge in [0.05, 0.1) is 0 Å².